The van der Waals surface area contributed by atoms with Crippen LogP contribution in [0.5, 0.6) is 0 Å². The normalized spacial score (nSPS) is 16.5. The Kier molecular flexibility index (Phi) is 5.96. The Morgan fingerprint density at radius 2 is 1.88 bits per heavy atom. The zero-order chi connectivity index (χ0) is 12.8. The Morgan fingerprint density at radius 3 is 2.41 bits per heavy atom. The first-order valence-corrected chi connectivity index (χ1v) is 6.63. The van der Waals surface area contributed by atoms with E-state index in [4.69, 9.17) is 22.1 Å². The van der Waals surface area contributed by atoms with E-state index in [9.17, 15) is 0 Å². The Hall–Kier alpha value is -0.570. The molecule has 0 amide bonds. The van der Waals surface area contributed by atoms with Gasteiger partial charge >= 0.3 is 0 Å². The Labute approximate surface area is 109 Å². The molecule has 0 aliphatic carbocycles. The number of benzene rings is 1. The van der Waals surface area contributed by atoms with E-state index in [2.05, 4.69) is 20.8 Å². The fourth-order valence-electron chi connectivity index (χ4n) is 1.67. The number of hydrogen-bond donors (Lipinski definition) is 1. The van der Waals surface area contributed by atoms with Gasteiger partial charge in [-0.05, 0) is 25.8 Å². The third kappa shape index (κ3) is 3.98. The number of ether oxygens (including phenoxy) is 1. The molecule has 2 nitrogen and oxygen atoms in total. The maximum atomic E-state index is 6.21. The molecule has 0 saturated carbocycles. The number of halogens is 1. The smallest absolute Gasteiger partial charge is 0.0993 e. The lowest BCUT2D eigenvalue weighted by Gasteiger charge is -2.27. The summed E-state index contributed by atoms with van der Waals surface area (Å²) in [5.41, 5.74) is 7.13. The molecule has 2 N–H and O–H groups in total. The van der Waals surface area contributed by atoms with Gasteiger partial charge in [0.1, 0.15) is 0 Å². The van der Waals surface area contributed by atoms with E-state index < -0.39 is 0 Å². The summed E-state index contributed by atoms with van der Waals surface area (Å²) in [6, 6.07) is 7.74. The highest BCUT2D eigenvalue weighted by Crippen LogP contribution is 2.29. The van der Waals surface area contributed by atoms with Crippen LogP contribution in [0.1, 0.15) is 45.3 Å². The molecule has 0 aromatic heterocycles. The van der Waals surface area contributed by atoms with Gasteiger partial charge in [-0.15, -0.1) is 0 Å². The molecule has 0 aliphatic rings. The maximum absolute atomic E-state index is 6.21. The molecule has 0 heterocycles. The van der Waals surface area contributed by atoms with Gasteiger partial charge in [0.2, 0.25) is 0 Å². The van der Waals surface area contributed by atoms with Gasteiger partial charge in [-0.3, -0.25) is 0 Å². The topological polar surface area (TPSA) is 35.2 Å². The molecule has 0 bridgehead atoms. The molecule has 3 heteroatoms. The summed E-state index contributed by atoms with van der Waals surface area (Å²) in [7, 11) is 0. The van der Waals surface area contributed by atoms with Gasteiger partial charge in [-0.2, -0.15) is 0 Å². The fraction of sp³-hybridized carbons (Fsp3) is 0.571. The van der Waals surface area contributed by atoms with Crippen molar-refractivity contribution in [3.8, 4) is 0 Å². The summed E-state index contributed by atoms with van der Waals surface area (Å²) in [6.07, 6.45) is 1.90. The predicted molar refractivity (Wildman–Crippen MR) is 73.3 cm³/mol. The van der Waals surface area contributed by atoms with Crippen LogP contribution in [0.15, 0.2) is 24.3 Å². The predicted octanol–water partition coefficient (Wildman–Crippen LogP) is 3.93. The van der Waals surface area contributed by atoms with E-state index in [0.717, 1.165) is 23.4 Å². The summed E-state index contributed by atoms with van der Waals surface area (Å²) < 4.78 is 6.01. The molecule has 3 unspecified atom stereocenters. The average Bonchev–Trinajstić information content (AvgIpc) is 2.35. The van der Waals surface area contributed by atoms with Gasteiger partial charge < -0.3 is 10.5 Å². The molecule has 1 rings (SSSR count). The van der Waals surface area contributed by atoms with E-state index >= 15 is 0 Å². The second-order valence-electron chi connectivity index (χ2n) is 4.37. The molecular weight excluding hydrogens is 234 g/mol. The van der Waals surface area contributed by atoms with E-state index in [1.165, 1.54) is 0 Å². The Morgan fingerprint density at radius 1 is 1.24 bits per heavy atom. The van der Waals surface area contributed by atoms with Gasteiger partial charge in [0.15, 0.2) is 0 Å². The number of hydrogen-bond acceptors (Lipinski definition) is 2. The van der Waals surface area contributed by atoms with Crippen molar-refractivity contribution < 1.29 is 4.74 Å². The minimum absolute atomic E-state index is 0.0242. The van der Waals surface area contributed by atoms with E-state index in [1.807, 2.05) is 24.3 Å². The van der Waals surface area contributed by atoms with E-state index in [1.54, 1.807) is 0 Å². The lowest BCUT2D eigenvalue weighted by atomic mass is 10.0. The van der Waals surface area contributed by atoms with Crippen molar-refractivity contribution in [3.63, 3.8) is 0 Å². The molecular formula is C14H22ClNO. The van der Waals surface area contributed by atoms with Crippen LogP contribution in [0.25, 0.3) is 0 Å². The quantitative estimate of drug-likeness (QED) is 0.836. The van der Waals surface area contributed by atoms with E-state index in [0.29, 0.717) is 0 Å². The zero-order valence-electron chi connectivity index (χ0n) is 10.8. The van der Waals surface area contributed by atoms with E-state index in [-0.39, 0.29) is 18.2 Å². The zero-order valence-corrected chi connectivity index (χ0v) is 11.6. The van der Waals surface area contributed by atoms with Crippen molar-refractivity contribution in [2.45, 2.75) is 51.9 Å². The summed E-state index contributed by atoms with van der Waals surface area (Å²) in [6.45, 7) is 6.23. The fourth-order valence-corrected chi connectivity index (χ4v) is 1.91. The molecule has 1 aromatic rings. The SMILES string of the molecule is CCC(C)OC(c1ccccc1Cl)C(N)CC. The molecule has 17 heavy (non-hydrogen) atoms. The Balaban J connectivity index is 2.94. The maximum Gasteiger partial charge on any atom is 0.0993 e. The molecule has 96 valence electrons. The number of rotatable bonds is 6. The molecule has 0 saturated heterocycles. The van der Waals surface area contributed by atoms with Crippen molar-refractivity contribution in [2.75, 3.05) is 0 Å². The van der Waals surface area contributed by atoms with Crippen LogP contribution in [0, 0.1) is 0 Å². The standard InChI is InChI=1S/C14H22ClNO/c1-4-10(3)17-14(13(16)5-2)11-8-6-7-9-12(11)15/h6-10,13-14H,4-5,16H2,1-3H3. The monoisotopic (exact) mass is 255 g/mol. The van der Waals surface area contributed by atoms with Crippen molar-refractivity contribution in [1.29, 1.82) is 0 Å². The molecule has 0 fully saturated rings. The first kappa shape index (κ1) is 14.5. The highest BCUT2D eigenvalue weighted by molar-refractivity contribution is 6.31. The third-order valence-electron chi connectivity index (χ3n) is 3.03. The second-order valence-corrected chi connectivity index (χ2v) is 4.78. The van der Waals surface area contributed by atoms with Crippen molar-refractivity contribution in [1.82, 2.24) is 0 Å². The molecule has 1 aromatic carbocycles. The lowest BCUT2D eigenvalue weighted by molar-refractivity contribution is -0.0197. The minimum atomic E-state index is -0.122. The summed E-state index contributed by atoms with van der Waals surface area (Å²) in [5, 5.41) is 0.727. The van der Waals surface area contributed by atoms with Crippen LogP contribution >= 0.6 is 11.6 Å². The largest absolute Gasteiger partial charge is 0.369 e. The van der Waals surface area contributed by atoms with Crippen LogP contribution in [0.3, 0.4) is 0 Å². The van der Waals surface area contributed by atoms with Gasteiger partial charge in [0.05, 0.1) is 12.2 Å². The third-order valence-corrected chi connectivity index (χ3v) is 3.37. The van der Waals surface area contributed by atoms with Crippen molar-refractivity contribution in [3.05, 3.63) is 34.9 Å². The second kappa shape index (κ2) is 7.00. The highest BCUT2D eigenvalue weighted by atomic mass is 35.5. The first-order chi connectivity index (χ1) is 8.10. The highest BCUT2D eigenvalue weighted by Gasteiger charge is 2.23. The van der Waals surface area contributed by atoms with Crippen molar-refractivity contribution >= 4 is 11.6 Å². The van der Waals surface area contributed by atoms with Crippen LogP contribution < -0.4 is 5.73 Å². The first-order valence-electron chi connectivity index (χ1n) is 6.25. The van der Waals surface area contributed by atoms with Crippen LogP contribution in [0.2, 0.25) is 5.02 Å². The van der Waals surface area contributed by atoms with Crippen LogP contribution in [-0.4, -0.2) is 12.1 Å². The van der Waals surface area contributed by atoms with Crippen molar-refractivity contribution in [2.24, 2.45) is 5.73 Å². The molecule has 0 aliphatic heterocycles. The van der Waals surface area contributed by atoms with Gasteiger partial charge in [-0.25, -0.2) is 0 Å². The van der Waals surface area contributed by atoms with Gasteiger partial charge in [0.25, 0.3) is 0 Å². The lowest BCUT2D eigenvalue weighted by Crippen LogP contribution is -2.31. The number of nitrogens with two attached hydrogens (primary N) is 1. The summed E-state index contributed by atoms with van der Waals surface area (Å²) in [5.74, 6) is 0. The molecule has 0 spiro atoms. The van der Waals surface area contributed by atoms with Gasteiger partial charge in [-0.1, -0.05) is 43.6 Å². The summed E-state index contributed by atoms with van der Waals surface area (Å²) >= 11 is 6.21. The van der Waals surface area contributed by atoms with Crippen LogP contribution in [0.4, 0.5) is 0 Å². The average molecular weight is 256 g/mol. The summed E-state index contributed by atoms with van der Waals surface area (Å²) in [4.78, 5) is 0. The molecule has 3 atom stereocenters. The Bertz CT molecular complexity index is 343. The minimum Gasteiger partial charge on any atom is -0.369 e. The van der Waals surface area contributed by atoms with Gasteiger partial charge in [0, 0.05) is 16.6 Å². The van der Waals surface area contributed by atoms with Crippen LogP contribution in [-0.2, 0) is 4.74 Å². The molecule has 0 radical (unpaired) electrons.